The molecule has 0 radical (unpaired) electrons. The first kappa shape index (κ1) is 15.0. The van der Waals surface area contributed by atoms with Gasteiger partial charge in [-0.1, -0.05) is 0 Å². The number of nitrogens with zero attached hydrogens (tertiary/aromatic N) is 2. The molecule has 1 aromatic rings. The molecule has 0 aliphatic rings. The van der Waals surface area contributed by atoms with Crippen LogP contribution in [0.25, 0.3) is 0 Å². The highest BCUT2D eigenvalue weighted by Gasteiger charge is 2.06. The number of hydrogen-bond donors (Lipinski definition) is 1. The molecule has 0 aliphatic heterocycles. The molecule has 5 nitrogen and oxygen atoms in total. The molecule has 0 saturated heterocycles. The van der Waals surface area contributed by atoms with Gasteiger partial charge in [-0.2, -0.15) is 0 Å². The van der Waals surface area contributed by atoms with E-state index in [-0.39, 0.29) is 6.29 Å². The highest BCUT2D eigenvalue weighted by molar-refractivity contribution is 4.99. The van der Waals surface area contributed by atoms with Gasteiger partial charge >= 0.3 is 0 Å². The summed E-state index contributed by atoms with van der Waals surface area (Å²) in [5, 5.41) is 3.31. The largest absolute Gasteiger partial charge is 0.353 e. The monoisotopic (exact) mass is 253 g/mol. The predicted octanol–water partition coefficient (Wildman–Crippen LogP) is 1.66. The molecule has 0 aliphatic carbocycles. The van der Waals surface area contributed by atoms with Crippen molar-refractivity contribution in [2.24, 2.45) is 0 Å². The van der Waals surface area contributed by atoms with Crippen LogP contribution in [0.4, 0.5) is 0 Å². The van der Waals surface area contributed by atoms with Gasteiger partial charge in [0.2, 0.25) is 0 Å². The van der Waals surface area contributed by atoms with E-state index in [4.69, 9.17) is 9.47 Å². The number of ether oxygens (including phenoxy) is 2. The summed E-state index contributed by atoms with van der Waals surface area (Å²) in [4.78, 5) is 8.48. The first-order valence-electron chi connectivity index (χ1n) is 6.47. The fourth-order valence-electron chi connectivity index (χ4n) is 1.53. The van der Waals surface area contributed by atoms with E-state index in [1.807, 2.05) is 20.8 Å². The van der Waals surface area contributed by atoms with E-state index in [2.05, 4.69) is 15.3 Å². The van der Waals surface area contributed by atoms with Gasteiger partial charge < -0.3 is 14.8 Å². The summed E-state index contributed by atoms with van der Waals surface area (Å²) in [5.74, 6) is 0. The zero-order chi connectivity index (χ0) is 13.2. The molecule has 18 heavy (non-hydrogen) atoms. The summed E-state index contributed by atoms with van der Waals surface area (Å²) in [5.41, 5.74) is 1.89. The minimum absolute atomic E-state index is 0.114. The molecule has 1 heterocycles. The Morgan fingerprint density at radius 2 is 1.89 bits per heavy atom. The highest BCUT2D eigenvalue weighted by Crippen LogP contribution is 2.00. The Labute approximate surface area is 109 Å². The van der Waals surface area contributed by atoms with Crippen molar-refractivity contribution in [2.45, 2.75) is 40.0 Å². The van der Waals surface area contributed by atoms with Gasteiger partial charge in [-0.3, -0.25) is 9.97 Å². The van der Waals surface area contributed by atoms with Gasteiger partial charge in [0.25, 0.3) is 0 Å². The molecule has 1 N–H and O–H groups in total. The zero-order valence-electron chi connectivity index (χ0n) is 11.5. The third-order valence-corrected chi connectivity index (χ3v) is 2.40. The summed E-state index contributed by atoms with van der Waals surface area (Å²) >= 11 is 0. The smallest absolute Gasteiger partial charge is 0.158 e. The Bertz CT molecular complexity index is 311. The molecule has 102 valence electrons. The maximum Gasteiger partial charge on any atom is 0.158 e. The average Bonchev–Trinajstić information content (AvgIpc) is 2.37. The van der Waals surface area contributed by atoms with E-state index in [9.17, 15) is 0 Å². The fraction of sp³-hybridized carbons (Fsp3) is 0.692. The first-order valence-corrected chi connectivity index (χ1v) is 6.47. The molecule has 0 unspecified atom stereocenters. The van der Waals surface area contributed by atoms with Crippen molar-refractivity contribution >= 4 is 0 Å². The van der Waals surface area contributed by atoms with Gasteiger partial charge in [-0.05, 0) is 20.8 Å². The quantitative estimate of drug-likeness (QED) is 0.536. The van der Waals surface area contributed by atoms with Crippen molar-refractivity contribution in [3.63, 3.8) is 0 Å². The van der Waals surface area contributed by atoms with E-state index < -0.39 is 0 Å². The fourth-order valence-corrected chi connectivity index (χ4v) is 1.53. The molecule has 0 atom stereocenters. The maximum absolute atomic E-state index is 5.46. The second-order valence-electron chi connectivity index (χ2n) is 3.95. The number of nitrogens with one attached hydrogen (secondary N) is 1. The molecule has 0 amide bonds. The summed E-state index contributed by atoms with van der Waals surface area (Å²) in [6.07, 6.45) is 4.29. The summed E-state index contributed by atoms with van der Waals surface area (Å²) < 4.78 is 10.9. The first-order chi connectivity index (χ1) is 8.76. The van der Waals surface area contributed by atoms with Gasteiger partial charge in [0.05, 0.1) is 11.4 Å². The van der Waals surface area contributed by atoms with Crippen LogP contribution in [-0.2, 0) is 16.0 Å². The summed E-state index contributed by atoms with van der Waals surface area (Å²) in [7, 11) is 0. The normalized spacial score (nSPS) is 11.1. The third kappa shape index (κ3) is 6.05. The van der Waals surface area contributed by atoms with Crippen LogP contribution >= 0.6 is 0 Å². The number of aryl methyl sites for hydroxylation is 1. The zero-order valence-corrected chi connectivity index (χ0v) is 11.5. The lowest BCUT2D eigenvalue weighted by atomic mass is 10.3. The molecular weight excluding hydrogens is 230 g/mol. The minimum Gasteiger partial charge on any atom is -0.353 e. The van der Waals surface area contributed by atoms with Crippen LogP contribution in [0, 0.1) is 6.92 Å². The summed E-state index contributed by atoms with van der Waals surface area (Å²) in [6.45, 7) is 8.78. The second-order valence-corrected chi connectivity index (χ2v) is 3.95. The van der Waals surface area contributed by atoms with E-state index in [1.165, 1.54) is 0 Å². The van der Waals surface area contributed by atoms with Crippen LogP contribution in [0.1, 0.15) is 31.7 Å². The highest BCUT2D eigenvalue weighted by atomic mass is 16.7. The van der Waals surface area contributed by atoms with E-state index in [1.54, 1.807) is 12.4 Å². The molecule has 0 fully saturated rings. The second kappa shape index (κ2) is 8.97. The van der Waals surface area contributed by atoms with Crippen LogP contribution in [-0.4, -0.2) is 36.0 Å². The lowest BCUT2D eigenvalue weighted by Crippen LogP contribution is -2.25. The number of aromatic nitrogens is 2. The molecule has 0 aromatic carbocycles. The van der Waals surface area contributed by atoms with Crippen molar-refractivity contribution in [3.8, 4) is 0 Å². The van der Waals surface area contributed by atoms with Gasteiger partial charge in [-0.15, -0.1) is 0 Å². The summed E-state index contributed by atoms with van der Waals surface area (Å²) in [6, 6.07) is 0. The minimum atomic E-state index is -0.114. The maximum atomic E-state index is 5.46. The van der Waals surface area contributed by atoms with Crippen LogP contribution in [0.5, 0.6) is 0 Å². The van der Waals surface area contributed by atoms with E-state index in [0.29, 0.717) is 13.2 Å². The van der Waals surface area contributed by atoms with E-state index >= 15 is 0 Å². The molecule has 0 saturated carbocycles. The molecule has 5 heteroatoms. The van der Waals surface area contributed by atoms with Gasteiger partial charge in [0, 0.05) is 45.1 Å². The SMILES string of the molecule is CCOC(CCNCc1cnc(C)cn1)OCC. The topological polar surface area (TPSA) is 56.3 Å². The Kier molecular flexibility index (Phi) is 7.48. The molecule has 0 spiro atoms. The average molecular weight is 253 g/mol. The van der Waals surface area contributed by atoms with E-state index in [0.717, 1.165) is 30.9 Å². The third-order valence-electron chi connectivity index (χ3n) is 2.40. The van der Waals surface area contributed by atoms with Crippen molar-refractivity contribution < 1.29 is 9.47 Å². The molecule has 1 rings (SSSR count). The van der Waals surface area contributed by atoms with Crippen molar-refractivity contribution in [1.29, 1.82) is 0 Å². The van der Waals surface area contributed by atoms with Gasteiger partial charge in [0.1, 0.15) is 0 Å². The van der Waals surface area contributed by atoms with Gasteiger partial charge in [-0.25, -0.2) is 0 Å². The van der Waals surface area contributed by atoms with Crippen molar-refractivity contribution in [3.05, 3.63) is 23.8 Å². The van der Waals surface area contributed by atoms with Crippen molar-refractivity contribution in [1.82, 2.24) is 15.3 Å². The molecular formula is C13H23N3O2. The predicted molar refractivity (Wildman–Crippen MR) is 70.1 cm³/mol. The Balaban J connectivity index is 2.18. The molecule has 1 aromatic heterocycles. The standard InChI is InChI=1S/C13H23N3O2/c1-4-17-13(18-5-2)6-7-14-9-12-10-15-11(3)8-16-12/h8,10,13-14H,4-7,9H2,1-3H3. The molecule has 0 bridgehead atoms. The van der Waals surface area contributed by atoms with Gasteiger partial charge in [0.15, 0.2) is 6.29 Å². The lowest BCUT2D eigenvalue weighted by Gasteiger charge is -2.16. The Morgan fingerprint density at radius 1 is 1.17 bits per heavy atom. The number of rotatable bonds is 9. The Morgan fingerprint density at radius 3 is 2.44 bits per heavy atom. The van der Waals surface area contributed by atoms with Crippen LogP contribution in [0.15, 0.2) is 12.4 Å². The van der Waals surface area contributed by atoms with Crippen molar-refractivity contribution in [2.75, 3.05) is 19.8 Å². The number of hydrogen-bond acceptors (Lipinski definition) is 5. The van der Waals surface area contributed by atoms with Crippen LogP contribution in [0.3, 0.4) is 0 Å². The Hall–Kier alpha value is -1.04. The van der Waals surface area contributed by atoms with Crippen LogP contribution < -0.4 is 5.32 Å². The van der Waals surface area contributed by atoms with Crippen LogP contribution in [0.2, 0.25) is 0 Å². The lowest BCUT2D eigenvalue weighted by molar-refractivity contribution is -0.138.